The minimum absolute atomic E-state index is 0.256. The van der Waals surface area contributed by atoms with Crippen LogP contribution in [0.15, 0.2) is 30.3 Å². The molecule has 1 aliphatic rings. The van der Waals surface area contributed by atoms with E-state index >= 15 is 0 Å². The summed E-state index contributed by atoms with van der Waals surface area (Å²) in [7, 11) is 0. The van der Waals surface area contributed by atoms with Crippen LogP contribution in [0.25, 0.3) is 0 Å². The first kappa shape index (κ1) is 10.1. The number of nitrogens with one attached hydrogen (secondary N) is 1. The van der Waals surface area contributed by atoms with Gasteiger partial charge in [0.1, 0.15) is 17.5 Å². The first-order valence-electron chi connectivity index (χ1n) is 5.68. The first-order chi connectivity index (χ1) is 8.25. The number of fused-ring (bicyclic) bond motifs is 1. The molecule has 0 spiro atoms. The Morgan fingerprint density at radius 2 is 2.00 bits per heavy atom. The average Bonchev–Trinajstić information content (AvgIpc) is 2.74. The lowest BCUT2D eigenvalue weighted by atomic mass is 9.94. The lowest BCUT2D eigenvalue weighted by Crippen LogP contribution is -2.06. The Morgan fingerprint density at radius 1 is 1.24 bits per heavy atom. The smallest absolute Gasteiger partial charge is 0.135 e. The van der Waals surface area contributed by atoms with Gasteiger partial charge in [-0.3, -0.25) is 0 Å². The topological polar surface area (TPSA) is 63.8 Å². The molecule has 2 heterocycles. The van der Waals surface area contributed by atoms with E-state index in [4.69, 9.17) is 5.73 Å². The molecule has 4 nitrogen and oxygen atoms in total. The molecule has 1 unspecified atom stereocenters. The summed E-state index contributed by atoms with van der Waals surface area (Å²) in [6.45, 7) is 2.69. The van der Waals surface area contributed by atoms with Crippen molar-refractivity contribution in [1.29, 1.82) is 0 Å². The lowest BCUT2D eigenvalue weighted by molar-refractivity contribution is 0.901. The van der Waals surface area contributed by atoms with Crippen LogP contribution >= 0.6 is 0 Å². The van der Waals surface area contributed by atoms with Gasteiger partial charge in [0.25, 0.3) is 0 Å². The quantitative estimate of drug-likeness (QED) is 0.779. The van der Waals surface area contributed by atoms with Crippen molar-refractivity contribution in [3.05, 3.63) is 47.3 Å². The summed E-state index contributed by atoms with van der Waals surface area (Å²) in [6, 6.07) is 10.3. The number of anilines is 2. The summed E-state index contributed by atoms with van der Waals surface area (Å²) in [6.07, 6.45) is 0. The van der Waals surface area contributed by atoms with Gasteiger partial charge in [0.15, 0.2) is 0 Å². The first-order valence-corrected chi connectivity index (χ1v) is 5.68. The van der Waals surface area contributed by atoms with E-state index in [-0.39, 0.29) is 5.92 Å². The van der Waals surface area contributed by atoms with Gasteiger partial charge < -0.3 is 11.1 Å². The fourth-order valence-electron chi connectivity index (χ4n) is 2.35. The Kier molecular flexibility index (Phi) is 2.21. The Bertz CT molecular complexity index is 551. The third-order valence-electron chi connectivity index (χ3n) is 3.11. The van der Waals surface area contributed by atoms with Gasteiger partial charge in [-0.1, -0.05) is 30.3 Å². The summed E-state index contributed by atoms with van der Waals surface area (Å²) in [4.78, 5) is 8.64. The standard InChI is InChI=1S/C13H14N4/c1-8-16-12(14)11-10(7-15-13(11)17-8)9-5-3-2-4-6-9/h2-6,10H,7H2,1H3,(H3,14,15,16,17). The molecule has 0 aliphatic carbocycles. The number of aromatic nitrogens is 2. The van der Waals surface area contributed by atoms with Crippen LogP contribution in [0, 0.1) is 6.92 Å². The number of aryl methyl sites for hydroxylation is 1. The number of hydrogen-bond acceptors (Lipinski definition) is 4. The minimum Gasteiger partial charge on any atom is -0.383 e. The molecule has 1 atom stereocenters. The zero-order valence-electron chi connectivity index (χ0n) is 9.64. The highest BCUT2D eigenvalue weighted by Gasteiger charge is 2.28. The molecular weight excluding hydrogens is 212 g/mol. The molecular formula is C13H14N4. The van der Waals surface area contributed by atoms with E-state index < -0.39 is 0 Å². The van der Waals surface area contributed by atoms with Crippen LogP contribution in [0.4, 0.5) is 11.6 Å². The normalized spacial score (nSPS) is 17.6. The van der Waals surface area contributed by atoms with Crippen LogP contribution in [-0.2, 0) is 0 Å². The second-order valence-corrected chi connectivity index (χ2v) is 4.26. The molecule has 86 valence electrons. The maximum atomic E-state index is 6.01. The molecule has 17 heavy (non-hydrogen) atoms. The van der Waals surface area contributed by atoms with Crippen molar-refractivity contribution in [2.24, 2.45) is 0 Å². The molecule has 3 N–H and O–H groups in total. The van der Waals surface area contributed by atoms with E-state index in [1.54, 1.807) is 0 Å². The Labute approximate surface area is 99.9 Å². The SMILES string of the molecule is Cc1nc(N)c2c(n1)NCC2c1ccccc1. The van der Waals surface area contributed by atoms with Crippen LogP contribution in [0.1, 0.15) is 22.9 Å². The zero-order valence-corrected chi connectivity index (χ0v) is 9.64. The molecule has 0 amide bonds. The molecule has 2 aromatic rings. The molecule has 0 saturated carbocycles. The van der Waals surface area contributed by atoms with Crippen molar-refractivity contribution in [3.63, 3.8) is 0 Å². The lowest BCUT2D eigenvalue weighted by Gasteiger charge is -2.11. The summed E-state index contributed by atoms with van der Waals surface area (Å²) in [5.41, 5.74) is 8.29. The van der Waals surface area contributed by atoms with Crippen LogP contribution in [0.2, 0.25) is 0 Å². The third-order valence-corrected chi connectivity index (χ3v) is 3.11. The largest absolute Gasteiger partial charge is 0.383 e. The van der Waals surface area contributed by atoms with Crippen molar-refractivity contribution in [1.82, 2.24) is 9.97 Å². The van der Waals surface area contributed by atoms with Crippen molar-refractivity contribution in [2.45, 2.75) is 12.8 Å². The zero-order chi connectivity index (χ0) is 11.8. The number of nitrogen functional groups attached to an aromatic ring is 1. The molecule has 0 fully saturated rings. The van der Waals surface area contributed by atoms with Gasteiger partial charge in [-0.15, -0.1) is 0 Å². The van der Waals surface area contributed by atoms with Crippen molar-refractivity contribution in [2.75, 3.05) is 17.6 Å². The van der Waals surface area contributed by atoms with Gasteiger partial charge in [-0.2, -0.15) is 0 Å². The highest BCUT2D eigenvalue weighted by molar-refractivity contribution is 5.64. The highest BCUT2D eigenvalue weighted by atomic mass is 15.1. The molecule has 1 aliphatic heterocycles. The number of nitrogens with two attached hydrogens (primary N) is 1. The van der Waals surface area contributed by atoms with Gasteiger partial charge in [-0.25, -0.2) is 9.97 Å². The van der Waals surface area contributed by atoms with E-state index in [1.165, 1.54) is 5.56 Å². The maximum Gasteiger partial charge on any atom is 0.135 e. The van der Waals surface area contributed by atoms with E-state index in [0.717, 1.165) is 17.9 Å². The molecule has 1 aromatic heterocycles. The molecule has 0 radical (unpaired) electrons. The number of rotatable bonds is 1. The average molecular weight is 226 g/mol. The number of hydrogen-bond donors (Lipinski definition) is 2. The number of benzene rings is 1. The van der Waals surface area contributed by atoms with Gasteiger partial charge in [0, 0.05) is 18.0 Å². The van der Waals surface area contributed by atoms with E-state index in [0.29, 0.717) is 11.6 Å². The van der Waals surface area contributed by atoms with Crippen molar-refractivity contribution < 1.29 is 0 Å². The van der Waals surface area contributed by atoms with Gasteiger partial charge in [0.05, 0.1) is 0 Å². The monoisotopic (exact) mass is 226 g/mol. The number of nitrogens with zero attached hydrogens (tertiary/aromatic N) is 2. The molecule has 1 aromatic carbocycles. The predicted octanol–water partition coefficient (Wildman–Crippen LogP) is 1.92. The molecule has 3 rings (SSSR count). The molecule has 0 bridgehead atoms. The fraction of sp³-hybridized carbons (Fsp3) is 0.231. The second kappa shape index (κ2) is 3.73. The van der Waals surface area contributed by atoms with Crippen molar-refractivity contribution in [3.8, 4) is 0 Å². The summed E-state index contributed by atoms with van der Waals surface area (Å²) < 4.78 is 0. The van der Waals surface area contributed by atoms with Crippen LogP contribution in [0.5, 0.6) is 0 Å². The van der Waals surface area contributed by atoms with E-state index in [1.807, 2.05) is 25.1 Å². The maximum absolute atomic E-state index is 6.01. The molecule has 4 heteroatoms. The third kappa shape index (κ3) is 1.62. The van der Waals surface area contributed by atoms with Gasteiger partial charge >= 0.3 is 0 Å². The van der Waals surface area contributed by atoms with Gasteiger partial charge in [0.2, 0.25) is 0 Å². The second-order valence-electron chi connectivity index (χ2n) is 4.26. The predicted molar refractivity (Wildman–Crippen MR) is 68.0 cm³/mol. The summed E-state index contributed by atoms with van der Waals surface area (Å²) >= 11 is 0. The molecule has 0 saturated heterocycles. The van der Waals surface area contributed by atoms with Crippen molar-refractivity contribution >= 4 is 11.6 Å². The van der Waals surface area contributed by atoms with Gasteiger partial charge in [-0.05, 0) is 12.5 Å². The van der Waals surface area contributed by atoms with Crippen LogP contribution < -0.4 is 11.1 Å². The minimum atomic E-state index is 0.256. The fourth-order valence-corrected chi connectivity index (χ4v) is 2.35. The van der Waals surface area contributed by atoms with E-state index in [9.17, 15) is 0 Å². The summed E-state index contributed by atoms with van der Waals surface area (Å²) in [5, 5.41) is 3.30. The summed E-state index contributed by atoms with van der Waals surface area (Å²) in [5.74, 6) is 2.43. The highest BCUT2D eigenvalue weighted by Crippen LogP contribution is 2.37. The van der Waals surface area contributed by atoms with Crippen LogP contribution in [-0.4, -0.2) is 16.5 Å². The Balaban J connectivity index is 2.10. The Hall–Kier alpha value is -2.10. The Morgan fingerprint density at radius 3 is 2.76 bits per heavy atom. The van der Waals surface area contributed by atoms with Crippen LogP contribution in [0.3, 0.4) is 0 Å². The van der Waals surface area contributed by atoms with E-state index in [2.05, 4.69) is 27.4 Å².